The number of carbonyl (C=O) groups is 2. The minimum atomic E-state index is -3.47. The molecule has 154 valence electrons. The molecule has 0 saturated carbocycles. The topological polar surface area (TPSA) is 84.0 Å². The van der Waals surface area contributed by atoms with Gasteiger partial charge in [0.1, 0.15) is 0 Å². The second-order valence-electron chi connectivity index (χ2n) is 7.79. The van der Waals surface area contributed by atoms with Gasteiger partial charge in [-0.3, -0.25) is 9.59 Å². The second-order valence-corrected chi connectivity index (χ2v) is 9.90. The molecule has 2 heterocycles. The third-order valence-corrected chi connectivity index (χ3v) is 7.72. The van der Waals surface area contributed by atoms with Gasteiger partial charge in [0.05, 0.1) is 22.2 Å². The summed E-state index contributed by atoms with van der Waals surface area (Å²) in [6.07, 6.45) is 1.83. The first-order valence-electron chi connectivity index (χ1n) is 9.61. The molecule has 1 atom stereocenters. The molecule has 7 nitrogen and oxygen atoms in total. The van der Waals surface area contributed by atoms with Gasteiger partial charge in [-0.05, 0) is 31.4 Å². The standard InChI is InChI=1S/C20H28N2O5S/c1-21-15-16(27-2)14-20(19(21)24)9-11-22(12-10-20)18(23)8-13-28(25,26)17-6-4-3-5-7-17/h3-7,16H,8-15H2,1-2H3. The van der Waals surface area contributed by atoms with Gasteiger partial charge in [-0.25, -0.2) is 8.42 Å². The molecule has 2 amide bonds. The number of benzene rings is 1. The lowest BCUT2D eigenvalue weighted by Crippen LogP contribution is -2.57. The molecule has 0 aliphatic carbocycles. The van der Waals surface area contributed by atoms with Crippen LogP contribution in [0.1, 0.15) is 25.7 Å². The number of sulfone groups is 1. The van der Waals surface area contributed by atoms with E-state index in [1.165, 1.54) is 0 Å². The number of likely N-dealkylation sites (tertiary alicyclic amines) is 2. The third-order valence-electron chi connectivity index (χ3n) is 5.99. The Morgan fingerprint density at radius 2 is 1.86 bits per heavy atom. The average molecular weight is 409 g/mol. The summed E-state index contributed by atoms with van der Waals surface area (Å²) < 4.78 is 30.2. The van der Waals surface area contributed by atoms with Crippen LogP contribution in [0.25, 0.3) is 0 Å². The summed E-state index contributed by atoms with van der Waals surface area (Å²) >= 11 is 0. The summed E-state index contributed by atoms with van der Waals surface area (Å²) in [5, 5.41) is 0. The fraction of sp³-hybridized carbons (Fsp3) is 0.600. The van der Waals surface area contributed by atoms with E-state index < -0.39 is 15.3 Å². The van der Waals surface area contributed by atoms with E-state index in [0.29, 0.717) is 38.9 Å². The van der Waals surface area contributed by atoms with Crippen molar-refractivity contribution in [2.75, 3.05) is 39.5 Å². The van der Waals surface area contributed by atoms with Crippen LogP contribution >= 0.6 is 0 Å². The maximum atomic E-state index is 12.7. The highest BCUT2D eigenvalue weighted by Gasteiger charge is 2.48. The van der Waals surface area contributed by atoms with Gasteiger partial charge in [0.15, 0.2) is 9.84 Å². The highest BCUT2D eigenvalue weighted by Crippen LogP contribution is 2.41. The van der Waals surface area contributed by atoms with E-state index in [1.807, 2.05) is 0 Å². The first kappa shape index (κ1) is 20.8. The summed E-state index contributed by atoms with van der Waals surface area (Å²) in [4.78, 5) is 28.9. The molecule has 8 heteroatoms. The molecule has 28 heavy (non-hydrogen) atoms. The van der Waals surface area contributed by atoms with Crippen LogP contribution in [0.5, 0.6) is 0 Å². The number of carbonyl (C=O) groups excluding carboxylic acids is 2. The molecule has 2 saturated heterocycles. The maximum Gasteiger partial charge on any atom is 0.228 e. The van der Waals surface area contributed by atoms with E-state index >= 15 is 0 Å². The Morgan fingerprint density at radius 1 is 1.21 bits per heavy atom. The molecule has 3 rings (SSSR count). The molecule has 2 aliphatic rings. The van der Waals surface area contributed by atoms with Crippen LogP contribution in [0.2, 0.25) is 0 Å². The van der Waals surface area contributed by atoms with E-state index in [9.17, 15) is 18.0 Å². The minimum Gasteiger partial charge on any atom is -0.380 e. The number of ether oxygens (including phenoxy) is 1. The largest absolute Gasteiger partial charge is 0.380 e. The van der Waals surface area contributed by atoms with Crippen LogP contribution in [-0.4, -0.2) is 75.7 Å². The predicted molar refractivity (Wildman–Crippen MR) is 104 cm³/mol. The quantitative estimate of drug-likeness (QED) is 0.734. The van der Waals surface area contributed by atoms with Crippen molar-refractivity contribution in [1.82, 2.24) is 9.80 Å². The van der Waals surface area contributed by atoms with Gasteiger partial charge in [-0.2, -0.15) is 0 Å². The van der Waals surface area contributed by atoms with Gasteiger partial charge >= 0.3 is 0 Å². The summed E-state index contributed by atoms with van der Waals surface area (Å²) in [7, 11) is -0.0191. The number of likely N-dealkylation sites (N-methyl/N-ethyl adjacent to an activating group) is 1. The van der Waals surface area contributed by atoms with Crippen LogP contribution in [0.15, 0.2) is 35.2 Å². The predicted octanol–water partition coefficient (Wildman–Crippen LogP) is 1.34. The first-order chi connectivity index (χ1) is 13.3. The van der Waals surface area contributed by atoms with Crippen LogP contribution in [-0.2, 0) is 24.2 Å². The van der Waals surface area contributed by atoms with Gasteiger partial charge in [0, 0.05) is 40.2 Å². The van der Waals surface area contributed by atoms with Gasteiger partial charge in [0.25, 0.3) is 0 Å². The molecule has 2 aliphatic heterocycles. The average Bonchev–Trinajstić information content (AvgIpc) is 2.71. The van der Waals surface area contributed by atoms with Crippen molar-refractivity contribution in [3.8, 4) is 0 Å². The van der Waals surface area contributed by atoms with E-state index in [2.05, 4.69) is 0 Å². The monoisotopic (exact) mass is 408 g/mol. The number of hydrogen-bond donors (Lipinski definition) is 0. The smallest absolute Gasteiger partial charge is 0.228 e. The zero-order valence-electron chi connectivity index (χ0n) is 16.5. The highest BCUT2D eigenvalue weighted by molar-refractivity contribution is 7.91. The summed E-state index contributed by atoms with van der Waals surface area (Å²) in [6, 6.07) is 8.18. The van der Waals surface area contributed by atoms with Crippen molar-refractivity contribution in [3.63, 3.8) is 0 Å². The van der Waals surface area contributed by atoms with Crippen molar-refractivity contribution in [1.29, 1.82) is 0 Å². The van der Waals surface area contributed by atoms with Gasteiger partial charge in [-0.15, -0.1) is 0 Å². The molecule has 2 fully saturated rings. The maximum absolute atomic E-state index is 12.7. The molecule has 0 bridgehead atoms. The number of nitrogens with zero attached hydrogens (tertiary/aromatic N) is 2. The van der Waals surface area contributed by atoms with Crippen molar-refractivity contribution in [3.05, 3.63) is 30.3 Å². The molecular weight excluding hydrogens is 380 g/mol. The number of amides is 2. The highest BCUT2D eigenvalue weighted by atomic mass is 32.2. The first-order valence-corrected chi connectivity index (χ1v) is 11.3. The van der Waals surface area contributed by atoms with Gasteiger partial charge < -0.3 is 14.5 Å². The number of hydrogen-bond acceptors (Lipinski definition) is 5. The van der Waals surface area contributed by atoms with E-state index in [1.54, 1.807) is 54.3 Å². The molecule has 0 N–H and O–H groups in total. The Morgan fingerprint density at radius 3 is 2.46 bits per heavy atom. The van der Waals surface area contributed by atoms with Gasteiger partial charge in [0.2, 0.25) is 11.8 Å². The Bertz CT molecular complexity index is 816. The fourth-order valence-electron chi connectivity index (χ4n) is 4.27. The molecular formula is C20H28N2O5S. The number of methoxy groups -OCH3 is 1. The van der Waals surface area contributed by atoms with Crippen LogP contribution < -0.4 is 0 Å². The lowest BCUT2D eigenvalue weighted by atomic mass is 9.71. The fourth-order valence-corrected chi connectivity index (χ4v) is 5.52. The van der Waals surface area contributed by atoms with Crippen molar-refractivity contribution in [2.24, 2.45) is 5.41 Å². The number of piperidine rings is 2. The van der Waals surface area contributed by atoms with E-state index in [-0.39, 0.29) is 35.0 Å². The van der Waals surface area contributed by atoms with Crippen molar-refractivity contribution < 1.29 is 22.7 Å². The molecule has 1 spiro atoms. The SMILES string of the molecule is COC1CN(C)C(=O)C2(CCN(C(=O)CCS(=O)(=O)c3ccccc3)CC2)C1. The van der Waals surface area contributed by atoms with E-state index in [0.717, 1.165) is 0 Å². The third kappa shape index (κ3) is 4.22. The zero-order chi connectivity index (χ0) is 20.4. The van der Waals surface area contributed by atoms with Crippen LogP contribution in [0.4, 0.5) is 0 Å². The summed E-state index contributed by atoms with van der Waals surface area (Å²) in [5.74, 6) is -0.251. The second kappa shape index (κ2) is 8.21. The van der Waals surface area contributed by atoms with Crippen LogP contribution in [0, 0.1) is 5.41 Å². The molecule has 1 aromatic rings. The Kier molecular flexibility index (Phi) is 6.09. The molecule has 0 radical (unpaired) electrons. The summed E-state index contributed by atoms with van der Waals surface area (Å²) in [5.41, 5.74) is -0.472. The van der Waals surface area contributed by atoms with Crippen molar-refractivity contribution in [2.45, 2.75) is 36.7 Å². The van der Waals surface area contributed by atoms with E-state index in [4.69, 9.17) is 4.74 Å². The molecule has 1 unspecified atom stereocenters. The Hall–Kier alpha value is -1.93. The summed E-state index contributed by atoms with van der Waals surface area (Å²) in [6.45, 7) is 1.54. The molecule has 1 aromatic carbocycles. The van der Waals surface area contributed by atoms with Gasteiger partial charge in [-0.1, -0.05) is 18.2 Å². The lowest BCUT2D eigenvalue weighted by Gasteiger charge is -2.47. The lowest BCUT2D eigenvalue weighted by molar-refractivity contribution is -0.158. The zero-order valence-corrected chi connectivity index (χ0v) is 17.3. The molecule has 0 aromatic heterocycles. The van der Waals surface area contributed by atoms with Crippen molar-refractivity contribution >= 4 is 21.7 Å². The number of rotatable bonds is 5. The Labute approximate surface area is 166 Å². The Balaban J connectivity index is 1.57. The minimum absolute atomic E-state index is 0.0148. The van der Waals surface area contributed by atoms with Crippen LogP contribution in [0.3, 0.4) is 0 Å². The normalized spacial score (nSPS) is 22.5.